The van der Waals surface area contributed by atoms with E-state index in [0.29, 0.717) is 0 Å². The number of allylic oxidation sites excluding steroid dienone is 1. The molecular formula is C13H21N3O3S. The quantitative estimate of drug-likeness (QED) is 0.815. The van der Waals surface area contributed by atoms with Gasteiger partial charge in [-0.1, -0.05) is 19.4 Å². The first-order chi connectivity index (χ1) is 9.30. The topological polar surface area (TPSA) is 81.1 Å². The minimum atomic E-state index is -3.86. The zero-order valence-corrected chi connectivity index (χ0v) is 13.1. The zero-order chi connectivity index (χ0) is 15.3. The van der Waals surface area contributed by atoms with Gasteiger partial charge in [-0.3, -0.25) is 9.48 Å². The number of aromatic nitrogens is 2. The van der Waals surface area contributed by atoms with Crippen molar-refractivity contribution < 1.29 is 13.2 Å². The molecule has 6 nitrogen and oxygen atoms in total. The van der Waals surface area contributed by atoms with Crippen molar-refractivity contribution in [1.82, 2.24) is 14.5 Å². The third kappa shape index (κ3) is 4.19. The standard InChI is InChI=1S/C13H21N3O3S/c1-5-11(6-2)7-13(17)15-20(18,19)12-8-14-16(9-12)10(3)4/h7-10H,5-6H2,1-4H3,(H,15,17). The number of nitrogens with one attached hydrogen (secondary N) is 1. The van der Waals surface area contributed by atoms with Crippen molar-refractivity contribution in [3.8, 4) is 0 Å². The summed E-state index contributed by atoms with van der Waals surface area (Å²) in [6.45, 7) is 7.62. The van der Waals surface area contributed by atoms with Crippen LogP contribution in [-0.2, 0) is 14.8 Å². The molecule has 1 heterocycles. The molecular weight excluding hydrogens is 278 g/mol. The summed E-state index contributed by atoms with van der Waals surface area (Å²) in [4.78, 5) is 11.7. The number of hydrogen-bond donors (Lipinski definition) is 1. The van der Waals surface area contributed by atoms with E-state index in [9.17, 15) is 13.2 Å². The van der Waals surface area contributed by atoms with Crippen molar-refractivity contribution >= 4 is 15.9 Å². The maximum absolute atomic E-state index is 12.0. The van der Waals surface area contributed by atoms with Crippen LogP contribution in [0.4, 0.5) is 0 Å². The van der Waals surface area contributed by atoms with E-state index in [-0.39, 0.29) is 10.9 Å². The summed E-state index contributed by atoms with van der Waals surface area (Å²) < 4.78 is 27.6. The zero-order valence-electron chi connectivity index (χ0n) is 12.3. The molecule has 0 atom stereocenters. The van der Waals surface area contributed by atoms with E-state index in [1.165, 1.54) is 23.2 Å². The SMILES string of the molecule is CCC(=CC(=O)NS(=O)(=O)c1cnn(C(C)C)c1)CC. The van der Waals surface area contributed by atoms with Gasteiger partial charge in [0, 0.05) is 18.3 Å². The van der Waals surface area contributed by atoms with E-state index < -0.39 is 15.9 Å². The Labute approximate surface area is 119 Å². The van der Waals surface area contributed by atoms with Crippen molar-refractivity contribution in [2.75, 3.05) is 0 Å². The smallest absolute Gasteiger partial charge is 0.267 e. The molecule has 1 N–H and O–H groups in total. The van der Waals surface area contributed by atoms with Gasteiger partial charge in [0.05, 0.1) is 6.20 Å². The van der Waals surface area contributed by atoms with Gasteiger partial charge in [0.1, 0.15) is 4.90 Å². The second-order valence-corrected chi connectivity index (χ2v) is 6.41. The Balaban J connectivity index is 2.89. The van der Waals surface area contributed by atoms with Crippen molar-refractivity contribution in [1.29, 1.82) is 0 Å². The molecule has 1 amide bonds. The molecule has 20 heavy (non-hydrogen) atoms. The summed E-state index contributed by atoms with van der Waals surface area (Å²) in [5.74, 6) is -0.624. The summed E-state index contributed by atoms with van der Waals surface area (Å²) in [6.07, 6.45) is 5.42. The maximum atomic E-state index is 12.0. The van der Waals surface area contributed by atoms with Crippen LogP contribution in [0.5, 0.6) is 0 Å². The lowest BCUT2D eigenvalue weighted by molar-refractivity contribution is -0.114. The Kier molecular flexibility index (Phi) is 5.50. The minimum absolute atomic E-state index is 0.0116. The van der Waals surface area contributed by atoms with Gasteiger partial charge >= 0.3 is 0 Å². The molecule has 0 saturated heterocycles. The molecule has 1 aromatic rings. The van der Waals surface area contributed by atoms with E-state index in [1.807, 2.05) is 32.4 Å². The fourth-order valence-electron chi connectivity index (χ4n) is 1.60. The lowest BCUT2D eigenvalue weighted by Gasteiger charge is -2.05. The van der Waals surface area contributed by atoms with E-state index in [4.69, 9.17) is 0 Å². The second-order valence-electron chi connectivity index (χ2n) is 4.73. The predicted molar refractivity (Wildman–Crippen MR) is 76.6 cm³/mol. The van der Waals surface area contributed by atoms with Crippen LogP contribution in [-0.4, -0.2) is 24.1 Å². The molecule has 0 aliphatic rings. The molecule has 0 radical (unpaired) electrons. The van der Waals surface area contributed by atoms with Gasteiger partial charge in [0.2, 0.25) is 0 Å². The molecule has 7 heteroatoms. The lowest BCUT2D eigenvalue weighted by atomic mass is 10.1. The second kappa shape index (κ2) is 6.69. The maximum Gasteiger partial charge on any atom is 0.267 e. The summed E-state index contributed by atoms with van der Waals surface area (Å²) in [7, 11) is -3.86. The molecule has 112 valence electrons. The van der Waals surface area contributed by atoms with Gasteiger partial charge in [-0.15, -0.1) is 0 Å². The highest BCUT2D eigenvalue weighted by Gasteiger charge is 2.19. The van der Waals surface area contributed by atoms with E-state index in [2.05, 4.69) is 5.10 Å². The average molecular weight is 299 g/mol. The first-order valence-electron chi connectivity index (χ1n) is 6.60. The third-order valence-corrected chi connectivity index (χ3v) is 4.20. The molecule has 0 aliphatic heterocycles. The number of sulfonamides is 1. The van der Waals surface area contributed by atoms with Crippen molar-refractivity contribution in [2.45, 2.75) is 51.5 Å². The third-order valence-electron chi connectivity index (χ3n) is 2.90. The van der Waals surface area contributed by atoms with Crippen LogP contribution in [0, 0.1) is 0 Å². The number of carbonyl (C=O) groups is 1. The van der Waals surface area contributed by atoms with Crippen LogP contribution in [0.1, 0.15) is 46.6 Å². The lowest BCUT2D eigenvalue weighted by Crippen LogP contribution is -2.29. The summed E-state index contributed by atoms with van der Waals surface area (Å²) in [5.41, 5.74) is 0.899. The van der Waals surface area contributed by atoms with Crippen molar-refractivity contribution in [3.05, 3.63) is 24.0 Å². The van der Waals surface area contributed by atoms with Gasteiger partial charge in [0.25, 0.3) is 15.9 Å². The Bertz CT molecular complexity index is 594. The van der Waals surface area contributed by atoms with E-state index in [0.717, 1.165) is 18.4 Å². The number of hydrogen-bond acceptors (Lipinski definition) is 4. The molecule has 0 unspecified atom stereocenters. The van der Waals surface area contributed by atoms with E-state index in [1.54, 1.807) is 0 Å². The van der Waals surface area contributed by atoms with Crippen LogP contribution in [0.25, 0.3) is 0 Å². The molecule has 0 bridgehead atoms. The molecule has 0 aromatic carbocycles. The van der Waals surface area contributed by atoms with Gasteiger partial charge in [-0.2, -0.15) is 5.10 Å². The van der Waals surface area contributed by atoms with Crippen molar-refractivity contribution in [3.63, 3.8) is 0 Å². The highest BCUT2D eigenvalue weighted by Crippen LogP contribution is 2.11. The first kappa shape index (κ1) is 16.4. The molecule has 0 spiro atoms. The van der Waals surface area contributed by atoms with Crippen LogP contribution in [0.2, 0.25) is 0 Å². The highest BCUT2D eigenvalue weighted by molar-refractivity contribution is 7.90. The fraction of sp³-hybridized carbons (Fsp3) is 0.538. The van der Waals surface area contributed by atoms with Crippen molar-refractivity contribution in [2.24, 2.45) is 0 Å². The van der Waals surface area contributed by atoms with E-state index >= 15 is 0 Å². The molecule has 1 aromatic heterocycles. The van der Waals surface area contributed by atoms with Crippen LogP contribution < -0.4 is 4.72 Å². The highest BCUT2D eigenvalue weighted by atomic mass is 32.2. The largest absolute Gasteiger partial charge is 0.269 e. The first-order valence-corrected chi connectivity index (χ1v) is 8.08. The van der Waals surface area contributed by atoms with Crippen LogP contribution >= 0.6 is 0 Å². The molecule has 0 aliphatic carbocycles. The molecule has 0 fully saturated rings. The summed E-state index contributed by atoms with van der Waals surface area (Å²) in [5, 5.41) is 3.95. The minimum Gasteiger partial charge on any atom is -0.269 e. The van der Waals surface area contributed by atoms with Crippen LogP contribution in [0.15, 0.2) is 28.9 Å². The average Bonchev–Trinajstić information content (AvgIpc) is 2.85. The summed E-state index contributed by atoms with van der Waals surface area (Å²) in [6, 6.07) is 0.0568. The Hall–Kier alpha value is -1.63. The normalized spacial score (nSPS) is 11.4. The van der Waals surface area contributed by atoms with Gasteiger partial charge in [-0.05, 0) is 26.7 Å². The predicted octanol–water partition coefficient (Wildman–Crippen LogP) is 2.02. The summed E-state index contributed by atoms with van der Waals surface area (Å²) >= 11 is 0. The van der Waals surface area contributed by atoms with Gasteiger partial charge in [-0.25, -0.2) is 13.1 Å². The van der Waals surface area contributed by atoms with Crippen LogP contribution in [0.3, 0.4) is 0 Å². The number of nitrogens with zero attached hydrogens (tertiary/aromatic N) is 2. The number of rotatable bonds is 6. The van der Waals surface area contributed by atoms with Gasteiger partial charge in [0.15, 0.2) is 0 Å². The van der Waals surface area contributed by atoms with Gasteiger partial charge < -0.3 is 0 Å². The number of carbonyl (C=O) groups excluding carboxylic acids is 1. The Morgan fingerprint density at radius 2 is 2.00 bits per heavy atom. The molecule has 1 rings (SSSR count). The Morgan fingerprint density at radius 3 is 2.45 bits per heavy atom. The monoisotopic (exact) mass is 299 g/mol. The number of amides is 1. The Morgan fingerprint density at radius 1 is 1.40 bits per heavy atom. The fourth-order valence-corrected chi connectivity index (χ4v) is 2.48. The molecule has 0 saturated carbocycles.